The lowest BCUT2D eigenvalue weighted by Gasteiger charge is -2.56. The summed E-state index contributed by atoms with van der Waals surface area (Å²) in [4.78, 5) is 17.4. The highest BCUT2D eigenvalue weighted by Crippen LogP contribution is 2.41. The van der Waals surface area contributed by atoms with Crippen molar-refractivity contribution in [3.05, 3.63) is 48.1 Å². The smallest absolute Gasteiger partial charge is 0.246 e. The molecule has 168 valence electrons. The quantitative estimate of drug-likeness (QED) is 0.467. The zero-order chi connectivity index (χ0) is 23.1. The summed E-state index contributed by atoms with van der Waals surface area (Å²) in [5, 5.41) is 0.0219. The van der Waals surface area contributed by atoms with Gasteiger partial charge in [0.25, 0.3) is 0 Å². The van der Waals surface area contributed by atoms with Crippen molar-refractivity contribution in [2.45, 2.75) is 63.8 Å². The fourth-order valence-electron chi connectivity index (χ4n) is 3.63. The van der Waals surface area contributed by atoms with E-state index in [-0.39, 0.29) is 24.1 Å². The Balaban J connectivity index is 2.45. The minimum absolute atomic E-state index is 0.0219. The van der Waals surface area contributed by atoms with E-state index in [1.54, 1.807) is 11.0 Å². The number of benzene rings is 1. The first-order chi connectivity index (χ1) is 13.6. The lowest BCUT2D eigenvalue weighted by atomic mass is 9.81. The van der Waals surface area contributed by atoms with Gasteiger partial charge >= 0.3 is 0 Å². The predicted molar refractivity (Wildman–Crippen MR) is 120 cm³/mol. The van der Waals surface area contributed by atoms with Gasteiger partial charge in [0, 0.05) is 19.2 Å². The van der Waals surface area contributed by atoms with Crippen LogP contribution in [0, 0.1) is 11.6 Å². The second-order valence-corrected chi connectivity index (χ2v) is 15.1. The van der Waals surface area contributed by atoms with Crippen LogP contribution in [0.2, 0.25) is 18.1 Å². The molecule has 1 fully saturated rings. The van der Waals surface area contributed by atoms with Gasteiger partial charge in [-0.25, -0.2) is 8.78 Å². The van der Waals surface area contributed by atoms with Gasteiger partial charge in [0.15, 0.2) is 8.32 Å². The van der Waals surface area contributed by atoms with E-state index >= 15 is 0 Å². The molecule has 0 aromatic heterocycles. The van der Waals surface area contributed by atoms with E-state index in [0.717, 1.165) is 6.07 Å². The van der Waals surface area contributed by atoms with Crippen LogP contribution in [-0.2, 0) is 14.8 Å². The third-order valence-electron chi connectivity index (χ3n) is 7.01. The largest absolute Gasteiger partial charge is 0.414 e. The second kappa shape index (κ2) is 8.17. The number of amides is 1. The third-order valence-corrected chi connectivity index (χ3v) is 11.5. The summed E-state index contributed by atoms with van der Waals surface area (Å²) in [5.74, 6) is -1.45. The number of rotatable bonds is 6. The third kappa shape index (κ3) is 4.38. The van der Waals surface area contributed by atoms with Crippen molar-refractivity contribution in [1.82, 2.24) is 9.80 Å². The Bertz CT molecular complexity index is 804. The van der Waals surface area contributed by atoms with E-state index < -0.39 is 31.0 Å². The van der Waals surface area contributed by atoms with Crippen LogP contribution < -0.4 is 0 Å². The molecule has 1 aliphatic heterocycles. The maximum atomic E-state index is 14.0. The van der Waals surface area contributed by atoms with Gasteiger partial charge in [-0.05, 0) is 56.7 Å². The van der Waals surface area contributed by atoms with Crippen molar-refractivity contribution in [1.29, 1.82) is 0 Å². The molecule has 7 heteroatoms. The van der Waals surface area contributed by atoms with Crippen LogP contribution in [0.1, 0.15) is 40.2 Å². The highest BCUT2D eigenvalue weighted by molar-refractivity contribution is 6.74. The Kier molecular flexibility index (Phi) is 6.72. The van der Waals surface area contributed by atoms with E-state index in [0.29, 0.717) is 12.1 Å². The lowest BCUT2D eigenvalue weighted by Crippen LogP contribution is -2.72. The molecule has 2 atom stereocenters. The van der Waals surface area contributed by atoms with Gasteiger partial charge in [0.1, 0.15) is 17.2 Å². The summed E-state index contributed by atoms with van der Waals surface area (Å²) in [6.45, 7) is 19.3. The van der Waals surface area contributed by atoms with Crippen LogP contribution in [0.15, 0.2) is 30.9 Å². The van der Waals surface area contributed by atoms with Crippen LogP contribution in [0.5, 0.6) is 0 Å². The molecule has 0 aliphatic carbocycles. The summed E-state index contributed by atoms with van der Waals surface area (Å²) in [6, 6.07) is 3.44. The van der Waals surface area contributed by atoms with Crippen LogP contribution in [0.25, 0.3) is 0 Å². The molecule has 0 bridgehead atoms. The number of likely N-dealkylation sites (N-methyl/N-ethyl adjacent to an activating group) is 1. The number of hydrogen-bond acceptors (Lipinski definition) is 3. The van der Waals surface area contributed by atoms with Crippen LogP contribution >= 0.6 is 0 Å². The van der Waals surface area contributed by atoms with E-state index in [1.807, 2.05) is 25.8 Å². The zero-order valence-electron chi connectivity index (χ0n) is 19.6. The molecule has 0 saturated carbocycles. The molecule has 0 radical (unpaired) electrons. The number of carbonyl (C=O) groups is 1. The standard InChI is InChI=1S/C23H36F2N2O2Si/c1-10-11-27-20(28)23(6,16-29-30(8,9)21(2,3)4)26(7)15-22(27,5)17-12-18(24)14-19(25)13-17/h10,12-14H,1,11,15-16H2,2-9H3/t22-,23+/m0/s1. The first-order valence-corrected chi connectivity index (χ1v) is 13.2. The molecule has 0 unspecified atom stereocenters. The molecule has 1 amide bonds. The summed E-state index contributed by atoms with van der Waals surface area (Å²) in [7, 11) is -0.200. The van der Waals surface area contributed by atoms with Crippen LogP contribution in [-0.4, -0.2) is 56.3 Å². The van der Waals surface area contributed by atoms with Crippen molar-refractivity contribution in [2.24, 2.45) is 0 Å². The minimum atomic E-state index is -2.07. The number of nitrogens with zero attached hydrogens (tertiary/aromatic N) is 2. The van der Waals surface area contributed by atoms with E-state index in [1.165, 1.54) is 12.1 Å². The van der Waals surface area contributed by atoms with Crippen molar-refractivity contribution in [3.8, 4) is 0 Å². The van der Waals surface area contributed by atoms with Gasteiger partial charge < -0.3 is 9.33 Å². The van der Waals surface area contributed by atoms with E-state index in [2.05, 4.69) is 40.4 Å². The minimum Gasteiger partial charge on any atom is -0.414 e. The second-order valence-electron chi connectivity index (χ2n) is 10.3. The summed E-state index contributed by atoms with van der Waals surface area (Å²) < 4.78 is 34.4. The fourth-order valence-corrected chi connectivity index (χ4v) is 4.71. The molecule has 2 rings (SSSR count). The summed E-state index contributed by atoms with van der Waals surface area (Å²) in [6.07, 6.45) is 1.65. The number of piperazine rings is 1. The maximum absolute atomic E-state index is 14.0. The Morgan fingerprint density at radius 3 is 2.20 bits per heavy atom. The first kappa shape index (κ1) is 24.7. The van der Waals surface area contributed by atoms with Crippen molar-refractivity contribution >= 4 is 14.2 Å². The van der Waals surface area contributed by atoms with Crippen molar-refractivity contribution in [3.63, 3.8) is 0 Å². The normalized spacial score (nSPS) is 26.2. The Morgan fingerprint density at radius 2 is 1.73 bits per heavy atom. The Hall–Kier alpha value is -1.57. The molecule has 1 aliphatic rings. The average molecular weight is 439 g/mol. The van der Waals surface area contributed by atoms with Gasteiger partial charge in [-0.1, -0.05) is 26.8 Å². The molecule has 1 aromatic rings. The van der Waals surface area contributed by atoms with Crippen LogP contribution in [0.4, 0.5) is 8.78 Å². The number of halogens is 2. The summed E-state index contributed by atoms with van der Waals surface area (Å²) >= 11 is 0. The molecule has 0 N–H and O–H groups in total. The molecule has 4 nitrogen and oxygen atoms in total. The molecule has 30 heavy (non-hydrogen) atoms. The van der Waals surface area contributed by atoms with E-state index in [9.17, 15) is 13.6 Å². The highest BCUT2D eigenvalue weighted by Gasteiger charge is 2.54. The van der Waals surface area contributed by atoms with Crippen LogP contribution in [0.3, 0.4) is 0 Å². The average Bonchev–Trinajstić information content (AvgIpc) is 2.60. The SMILES string of the molecule is C=CCN1C(=O)[C@@](C)(CO[Si](C)(C)C(C)(C)C)N(C)C[C@@]1(C)c1cc(F)cc(F)c1. The molecule has 0 spiro atoms. The fraction of sp³-hybridized carbons (Fsp3) is 0.609. The van der Waals surface area contributed by atoms with Gasteiger partial charge in [-0.15, -0.1) is 6.58 Å². The maximum Gasteiger partial charge on any atom is 0.246 e. The Morgan fingerprint density at radius 1 is 1.20 bits per heavy atom. The van der Waals surface area contributed by atoms with Gasteiger partial charge in [-0.2, -0.15) is 0 Å². The van der Waals surface area contributed by atoms with Gasteiger partial charge in [0.2, 0.25) is 5.91 Å². The van der Waals surface area contributed by atoms with Crippen molar-refractivity contribution in [2.75, 3.05) is 26.7 Å². The summed E-state index contributed by atoms with van der Waals surface area (Å²) in [5.41, 5.74) is -1.36. The molecule has 1 saturated heterocycles. The molecule has 1 aromatic carbocycles. The highest BCUT2D eigenvalue weighted by atomic mass is 28.4. The van der Waals surface area contributed by atoms with E-state index in [4.69, 9.17) is 4.43 Å². The van der Waals surface area contributed by atoms with Gasteiger partial charge in [-0.3, -0.25) is 9.69 Å². The van der Waals surface area contributed by atoms with Gasteiger partial charge in [0.05, 0.1) is 12.1 Å². The van der Waals surface area contributed by atoms with Crippen molar-refractivity contribution < 1.29 is 18.0 Å². The first-order valence-electron chi connectivity index (χ1n) is 10.3. The molecule has 1 heterocycles. The monoisotopic (exact) mass is 438 g/mol. The topological polar surface area (TPSA) is 32.8 Å². The number of hydrogen-bond donors (Lipinski definition) is 0. The lowest BCUT2D eigenvalue weighted by molar-refractivity contribution is -0.164. The predicted octanol–water partition coefficient (Wildman–Crippen LogP) is 4.92. The molecular weight excluding hydrogens is 402 g/mol. The Labute approximate surface area is 181 Å². The molecular formula is C23H36F2N2O2Si. The number of carbonyl (C=O) groups excluding carboxylic acids is 1. The zero-order valence-corrected chi connectivity index (χ0v) is 20.6.